The summed E-state index contributed by atoms with van der Waals surface area (Å²) in [7, 11) is -3.35. The molecular weight excluding hydrogens is 468 g/mol. The van der Waals surface area contributed by atoms with Crippen LogP contribution in [0.25, 0.3) is 21.3 Å². The average Bonchev–Trinajstić information content (AvgIpc) is 3.51. The highest BCUT2D eigenvalue weighted by Crippen LogP contribution is 2.32. The molecule has 0 radical (unpaired) electrons. The van der Waals surface area contributed by atoms with Crippen molar-refractivity contribution in [2.75, 3.05) is 11.2 Å². The average molecular weight is 489 g/mol. The molecule has 0 aliphatic carbocycles. The highest BCUT2D eigenvalue weighted by molar-refractivity contribution is 7.90. The van der Waals surface area contributed by atoms with Crippen molar-refractivity contribution in [3.63, 3.8) is 0 Å². The number of carbonyl (C=O) groups excluding carboxylic acids is 1. The van der Waals surface area contributed by atoms with E-state index in [1.54, 1.807) is 47.6 Å². The van der Waals surface area contributed by atoms with Crippen LogP contribution in [0.4, 0.5) is 5.13 Å². The van der Waals surface area contributed by atoms with Gasteiger partial charge in [0.05, 0.1) is 27.9 Å². The first-order valence-electron chi connectivity index (χ1n) is 10.5. The van der Waals surface area contributed by atoms with E-state index in [9.17, 15) is 13.2 Å². The number of hydrogen-bond donors (Lipinski definition) is 0. The minimum absolute atomic E-state index is 0.199. The number of nitrogens with zero attached hydrogens (tertiary/aromatic N) is 2. The Morgan fingerprint density at radius 2 is 1.68 bits per heavy atom. The second-order valence-corrected chi connectivity index (χ2v) is 10.8. The summed E-state index contributed by atoms with van der Waals surface area (Å²) < 4.78 is 30.1. The zero-order valence-electron chi connectivity index (χ0n) is 18.2. The number of furan rings is 1. The molecule has 5 aromatic rings. The van der Waals surface area contributed by atoms with Gasteiger partial charge in [0.2, 0.25) is 0 Å². The van der Waals surface area contributed by atoms with Gasteiger partial charge < -0.3 is 4.42 Å². The molecule has 6 nitrogen and oxygen atoms in total. The van der Waals surface area contributed by atoms with E-state index in [0.29, 0.717) is 26.7 Å². The van der Waals surface area contributed by atoms with Crippen LogP contribution in [0, 0.1) is 0 Å². The van der Waals surface area contributed by atoms with Crippen molar-refractivity contribution in [2.24, 2.45) is 0 Å². The molecule has 0 unspecified atom stereocenters. The number of fused-ring (bicyclic) bond motifs is 1. The molecule has 2 heterocycles. The first kappa shape index (κ1) is 22.1. The minimum Gasteiger partial charge on any atom is -0.467 e. The number of thiazole rings is 1. The molecule has 0 bridgehead atoms. The maximum Gasteiger partial charge on any atom is 0.260 e. The van der Waals surface area contributed by atoms with Crippen LogP contribution in [0.3, 0.4) is 0 Å². The maximum absolute atomic E-state index is 13.6. The molecule has 0 aliphatic heterocycles. The smallest absolute Gasteiger partial charge is 0.260 e. The molecule has 5 rings (SSSR count). The fraction of sp³-hybridized carbons (Fsp3) is 0.0769. The lowest BCUT2D eigenvalue weighted by atomic mass is 10.0. The molecule has 170 valence electrons. The number of carbonyl (C=O) groups is 1. The number of rotatable bonds is 6. The lowest BCUT2D eigenvalue weighted by molar-refractivity contribution is 0.0983. The van der Waals surface area contributed by atoms with Gasteiger partial charge >= 0.3 is 0 Å². The van der Waals surface area contributed by atoms with Crippen LogP contribution in [0.2, 0.25) is 0 Å². The van der Waals surface area contributed by atoms with Crippen LogP contribution >= 0.6 is 11.3 Å². The van der Waals surface area contributed by atoms with Crippen molar-refractivity contribution in [1.82, 2.24) is 4.98 Å². The fourth-order valence-corrected chi connectivity index (χ4v) is 5.34. The Labute approximate surface area is 201 Å². The Morgan fingerprint density at radius 1 is 0.941 bits per heavy atom. The summed E-state index contributed by atoms with van der Waals surface area (Å²) in [6.45, 7) is 0.199. The van der Waals surface area contributed by atoms with Crippen molar-refractivity contribution in [2.45, 2.75) is 11.4 Å². The SMILES string of the molecule is CS(=O)(=O)c1ccc2nc(N(Cc3ccco3)C(=O)c3ccc(-c4ccccc4)cc3)sc2c1. The lowest BCUT2D eigenvalue weighted by Gasteiger charge is -2.19. The maximum atomic E-state index is 13.6. The lowest BCUT2D eigenvalue weighted by Crippen LogP contribution is -2.30. The van der Waals surface area contributed by atoms with E-state index in [1.165, 1.54) is 23.7 Å². The van der Waals surface area contributed by atoms with Gasteiger partial charge in [0.1, 0.15) is 5.76 Å². The number of anilines is 1. The van der Waals surface area contributed by atoms with Gasteiger partial charge in [-0.3, -0.25) is 9.69 Å². The van der Waals surface area contributed by atoms with Crippen molar-refractivity contribution < 1.29 is 17.6 Å². The molecule has 3 aromatic carbocycles. The molecule has 0 aliphatic rings. The van der Waals surface area contributed by atoms with Crippen molar-refractivity contribution in [1.29, 1.82) is 0 Å². The zero-order valence-corrected chi connectivity index (χ0v) is 19.8. The van der Waals surface area contributed by atoms with E-state index in [2.05, 4.69) is 4.98 Å². The highest BCUT2D eigenvalue weighted by Gasteiger charge is 2.23. The van der Waals surface area contributed by atoms with Crippen LogP contribution < -0.4 is 4.90 Å². The van der Waals surface area contributed by atoms with Gasteiger partial charge in [-0.05, 0) is 53.6 Å². The number of hydrogen-bond acceptors (Lipinski definition) is 6. The predicted octanol–water partition coefficient (Wildman–Crippen LogP) is 5.81. The van der Waals surface area contributed by atoms with Crippen LogP contribution in [0.1, 0.15) is 16.1 Å². The van der Waals surface area contributed by atoms with Crippen LogP contribution in [-0.2, 0) is 16.4 Å². The summed E-state index contributed by atoms with van der Waals surface area (Å²) >= 11 is 1.27. The third kappa shape index (κ3) is 4.50. The summed E-state index contributed by atoms with van der Waals surface area (Å²) in [5.74, 6) is 0.392. The molecular formula is C26H20N2O4S2. The standard InChI is InChI=1S/C26H20N2O4S2/c1-34(30,31)22-13-14-23-24(16-22)33-26(27-23)28(17-21-8-5-15-32-21)25(29)20-11-9-19(10-12-20)18-6-3-2-4-7-18/h2-16H,17H2,1H3. The van der Waals surface area contributed by atoms with E-state index in [4.69, 9.17) is 4.42 Å². The molecule has 8 heteroatoms. The highest BCUT2D eigenvalue weighted by atomic mass is 32.2. The fourth-order valence-electron chi connectivity index (χ4n) is 3.62. The number of amides is 1. The normalized spacial score (nSPS) is 11.6. The van der Waals surface area contributed by atoms with Crippen molar-refractivity contribution in [3.05, 3.63) is 103 Å². The van der Waals surface area contributed by atoms with E-state index in [1.807, 2.05) is 42.5 Å². The second kappa shape index (κ2) is 8.89. The molecule has 0 saturated heterocycles. The van der Waals surface area contributed by atoms with Crippen molar-refractivity contribution >= 4 is 42.4 Å². The number of aromatic nitrogens is 1. The summed E-state index contributed by atoms with van der Waals surface area (Å²) in [5, 5.41) is 0.467. The van der Waals surface area contributed by atoms with Gasteiger partial charge in [-0.25, -0.2) is 13.4 Å². The van der Waals surface area contributed by atoms with Gasteiger partial charge in [0, 0.05) is 11.8 Å². The molecule has 1 amide bonds. The first-order valence-corrected chi connectivity index (χ1v) is 13.2. The zero-order chi connectivity index (χ0) is 23.7. The predicted molar refractivity (Wildman–Crippen MR) is 134 cm³/mol. The molecule has 2 aromatic heterocycles. The Kier molecular flexibility index (Phi) is 5.77. The van der Waals surface area contributed by atoms with E-state index >= 15 is 0 Å². The van der Waals surface area contributed by atoms with E-state index < -0.39 is 9.84 Å². The van der Waals surface area contributed by atoms with Crippen LogP contribution in [-0.4, -0.2) is 25.6 Å². The van der Waals surface area contributed by atoms with E-state index in [-0.39, 0.29) is 17.3 Å². The number of benzene rings is 3. The van der Waals surface area contributed by atoms with Crippen LogP contribution in [0.15, 0.2) is 101 Å². The molecule has 34 heavy (non-hydrogen) atoms. The Morgan fingerprint density at radius 3 is 2.35 bits per heavy atom. The van der Waals surface area contributed by atoms with Gasteiger partial charge in [0.25, 0.3) is 5.91 Å². The molecule has 0 spiro atoms. The second-order valence-electron chi connectivity index (χ2n) is 7.81. The molecule has 0 atom stereocenters. The minimum atomic E-state index is -3.35. The molecule has 0 N–H and O–H groups in total. The third-order valence-corrected chi connectivity index (χ3v) is 7.54. The topological polar surface area (TPSA) is 80.5 Å². The number of sulfone groups is 1. The van der Waals surface area contributed by atoms with Gasteiger partial charge in [-0.1, -0.05) is 53.8 Å². The summed E-state index contributed by atoms with van der Waals surface area (Å²) in [5.41, 5.74) is 3.23. The van der Waals surface area contributed by atoms with Crippen molar-refractivity contribution in [3.8, 4) is 11.1 Å². The first-order chi connectivity index (χ1) is 16.4. The molecule has 0 fully saturated rings. The Hall–Kier alpha value is -3.75. The van der Waals surface area contributed by atoms with Gasteiger partial charge in [0.15, 0.2) is 15.0 Å². The summed E-state index contributed by atoms with van der Waals surface area (Å²) in [4.78, 5) is 20.0. The quantitative estimate of drug-likeness (QED) is 0.301. The Balaban J connectivity index is 1.51. The van der Waals surface area contributed by atoms with E-state index in [0.717, 1.165) is 11.1 Å². The summed E-state index contributed by atoms with van der Waals surface area (Å²) in [6.07, 6.45) is 2.73. The third-order valence-electron chi connectivity index (χ3n) is 5.39. The van der Waals surface area contributed by atoms with Gasteiger partial charge in [-0.15, -0.1) is 0 Å². The largest absolute Gasteiger partial charge is 0.467 e. The Bertz CT molecular complexity index is 1560. The van der Waals surface area contributed by atoms with Gasteiger partial charge in [-0.2, -0.15) is 0 Å². The molecule has 0 saturated carbocycles. The summed E-state index contributed by atoms with van der Waals surface area (Å²) in [6, 6.07) is 25.7. The van der Waals surface area contributed by atoms with Crippen LogP contribution in [0.5, 0.6) is 0 Å². The monoisotopic (exact) mass is 488 g/mol.